The topological polar surface area (TPSA) is 222 Å². The molecule has 0 amide bonds. The molecule has 4 rings (SSSR count). The Hall–Kier alpha value is -1.77. The Labute approximate surface area is 233 Å². The van der Waals surface area contributed by atoms with E-state index in [9.17, 15) is 38.0 Å². The van der Waals surface area contributed by atoms with Gasteiger partial charge >= 0.3 is 28.9 Å². The number of nitrogens with zero attached hydrogens (tertiary/aromatic N) is 1. The minimum atomic E-state index is -5.51. The molecule has 3 heterocycles. The fourth-order valence-corrected chi connectivity index (χ4v) is 8.58. The van der Waals surface area contributed by atoms with Crippen LogP contribution in [0.2, 0.25) is 0 Å². The lowest BCUT2D eigenvalue weighted by Gasteiger charge is -2.22. The summed E-state index contributed by atoms with van der Waals surface area (Å²) in [5.74, 6) is 0. The number of H-pyrrole nitrogens is 1. The Morgan fingerprint density at radius 1 is 0.927 bits per heavy atom. The number of rotatable bonds is 14. The van der Waals surface area contributed by atoms with E-state index >= 15 is 0 Å². The third-order valence-electron chi connectivity index (χ3n) is 6.16. The van der Waals surface area contributed by atoms with Crippen LogP contribution in [0.25, 0.3) is 0 Å². The predicted octanol–water partition coefficient (Wildman–Crippen LogP) is 2.41. The van der Waals surface area contributed by atoms with E-state index in [2.05, 4.69) is 13.6 Å². The van der Waals surface area contributed by atoms with Crippen molar-refractivity contribution >= 4 is 23.2 Å². The van der Waals surface area contributed by atoms with Gasteiger partial charge in [0.25, 0.3) is 5.56 Å². The van der Waals surface area contributed by atoms with Crippen molar-refractivity contribution < 1.29 is 55.7 Å². The van der Waals surface area contributed by atoms with Crippen LogP contribution in [-0.4, -0.2) is 61.6 Å². The van der Waals surface area contributed by atoms with Gasteiger partial charge in [-0.05, 0) is 12.0 Å². The minimum absolute atomic E-state index is 0.214. The van der Waals surface area contributed by atoms with E-state index in [-0.39, 0.29) is 6.42 Å². The lowest BCUT2D eigenvalue weighted by Crippen LogP contribution is -2.36. The first-order chi connectivity index (χ1) is 19.3. The van der Waals surface area contributed by atoms with Crippen LogP contribution >= 0.6 is 23.2 Å². The second-order valence-corrected chi connectivity index (χ2v) is 14.5. The monoisotopic (exact) mass is 640 g/mol. The van der Waals surface area contributed by atoms with Gasteiger partial charge in [-0.2, -0.15) is 4.31 Å². The van der Waals surface area contributed by atoms with Gasteiger partial charge in [0.05, 0.1) is 12.8 Å². The summed E-state index contributed by atoms with van der Waals surface area (Å²) in [5.41, 5.74) is -0.565. The van der Waals surface area contributed by atoms with Gasteiger partial charge < -0.3 is 28.9 Å². The molecule has 0 radical (unpaired) electrons. The van der Waals surface area contributed by atoms with Gasteiger partial charge in [-0.3, -0.25) is 23.4 Å². The van der Waals surface area contributed by atoms with Crippen molar-refractivity contribution in [2.75, 3.05) is 12.8 Å². The number of phosphoric acid groups is 2. The zero-order valence-electron chi connectivity index (χ0n) is 21.8. The molecule has 19 heteroatoms. The van der Waals surface area contributed by atoms with Gasteiger partial charge in [-0.1, -0.05) is 50.1 Å². The van der Waals surface area contributed by atoms with E-state index in [1.165, 1.54) is 6.20 Å². The first kappa shape index (κ1) is 32.2. The third-order valence-corrected chi connectivity index (χ3v) is 11.0. The van der Waals surface area contributed by atoms with E-state index < -0.39 is 78.1 Å². The summed E-state index contributed by atoms with van der Waals surface area (Å²) in [5, 5.41) is 0. The van der Waals surface area contributed by atoms with Crippen molar-refractivity contribution in [3.05, 3.63) is 69.0 Å². The van der Waals surface area contributed by atoms with Crippen molar-refractivity contribution in [3.8, 4) is 0 Å². The molecule has 41 heavy (non-hydrogen) atoms. The maximum absolute atomic E-state index is 12.5. The molecule has 2 aliphatic heterocycles. The molecule has 8 atom stereocenters. The van der Waals surface area contributed by atoms with Crippen LogP contribution in [0.1, 0.15) is 38.0 Å². The fourth-order valence-electron chi connectivity index (χ4n) is 4.39. The molecule has 2 saturated heterocycles. The Kier molecular flexibility index (Phi) is 10.4. The van der Waals surface area contributed by atoms with E-state index in [1.54, 1.807) is 0 Å². The Bertz CT molecular complexity index is 1450. The lowest BCUT2D eigenvalue weighted by molar-refractivity contribution is -0.150. The second-order valence-electron chi connectivity index (χ2n) is 9.37. The SMILES string of the molecule is CCCCCP(=O)(O)OP(=O)(O)OP(=O)(O)OC[C@H]1O[C@@H](n2ccc(=O)[nH]c2=O)C2OC(Cc3ccccc3)OC21. The molecular formula is C22H31N2O14P3. The molecule has 0 saturated carbocycles. The second kappa shape index (κ2) is 13.3. The lowest BCUT2D eigenvalue weighted by atomic mass is 10.1. The Balaban J connectivity index is 1.45. The molecule has 1 aromatic heterocycles. The van der Waals surface area contributed by atoms with Gasteiger partial charge in [-0.15, -0.1) is 0 Å². The van der Waals surface area contributed by atoms with Gasteiger partial charge in [0.1, 0.15) is 18.3 Å². The number of nitrogens with one attached hydrogen (secondary N) is 1. The zero-order valence-corrected chi connectivity index (χ0v) is 24.5. The van der Waals surface area contributed by atoms with Crippen LogP contribution in [0.3, 0.4) is 0 Å². The highest BCUT2D eigenvalue weighted by atomic mass is 31.3. The number of hydrogen-bond donors (Lipinski definition) is 4. The van der Waals surface area contributed by atoms with Crippen LogP contribution in [0.4, 0.5) is 0 Å². The van der Waals surface area contributed by atoms with E-state index in [0.29, 0.717) is 19.3 Å². The Morgan fingerprint density at radius 3 is 2.32 bits per heavy atom. The molecule has 0 bridgehead atoms. The number of aromatic nitrogens is 2. The molecule has 4 N–H and O–H groups in total. The van der Waals surface area contributed by atoms with Crippen LogP contribution < -0.4 is 11.2 Å². The summed E-state index contributed by atoms with van der Waals surface area (Å²) < 4.78 is 68.9. The molecule has 2 aromatic rings. The first-order valence-electron chi connectivity index (χ1n) is 12.6. The van der Waals surface area contributed by atoms with Gasteiger partial charge in [0.15, 0.2) is 12.5 Å². The quantitative estimate of drug-likeness (QED) is 0.172. The van der Waals surface area contributed by atoms with E-state index in [4.69, 9.17) is 18.7 Å². The highest BCUT2D eigenvalue weighted by Crippen LogP contribution is 2.67. The maximum atomic E-state index is 12.5. The fraction of sp³-hybridized carbons (Fsp3) is 0.545. The molecule has 16 nitrogen and oxygen atoms in total. The number of benzene rings is 1. The average Bonchev–Trinajstić information content (AvgIpc) is 3.41. The van der Waals surface area contributed by atoms with Crippen molar-refractivity contribution in [2.45, 2.75) is 63.4 Å². The van der Waals surface area contributed by atoms with Crippen LogP contribution in [0.5, 0.6) is 0 Å². The minimum Gasteiger partial charge on any atom is -0.346 e. The van der Waals surface area contributed by atoms with E-state index in [0.717, 1.165) is 16.2 Å². The molecule has 2 aliphatic rings. The molecule has 1 aromatic carbocycles. The zero-order chi connectivity index (χ0) is 29.8. The predicted molar refractivity (Wildman–Crippen MR) is 141 cm³/mol. The van der Waals surface area contributed by atoms with Gasteiger partial charge in [0.2, 0.25) is 0 Å². The highest BCUT2D eigenvalue weighted by molar-refractivity contribution is 7.68. The number of hydrogen-bond acceptors (Lipinski definition) is 11. The number of aromatic amines is 1. The van der Waals surface area contributed by atoms with Crippen molar-refractivity contribution in [1.29, 1.82) is 0 Å². The van der Waals surface area contributed by atoms with Crippen molar-refractivity contribution in [3.63, 3.8) is 0 Å². The summed E-state index contributed by atoms with van der Waals surface area (Å²) in [7, 11) is -15.5. The third kappa shape index (κ3) is 8.87. The number of phosphoric ester groups is 1. The molecule has 2 fully saturated rings. The molecule has 6 unspecified atom stereocenters. The Morgan fingerprint density at radius 2 is 1.63 bits per heavy atom. The largest absolute Gasteiger partial charge is 0.488 e. The molecule has 0 spiro atoms. The maximum Gasteiger partial charge on any atom is 0.488 e. The summed E-state index contributed by atoms with van der Waals surface area (Å²) in [6, 6.07) is 10.3. The smallest absolute Gasteiger partial charge is 0.346 e. The normalized spacial score (nSPS) is 28.4. The van der Waals surface area contributed by atoms with Gasteiger partial charge in [0, 0.05) is 18.7 Å². The highest BCUT2D eigenvalue weighted by Gasteiger charge is 2.54. The number of ether oxygens (including phenoxy) is 3. The van der Waals surface area contributed by atoms with Crippen LogP contribution in [0.15, 0.2) is 52.2 Å². The summed E-state index contributed by atoms with van der Waals surface area (Å²) in [6.45, 7) is 1.09. The molecule has 228 valence electrons. The number of fused-ring (bicyclic) bond motifs is 1. The average molecular weight is 640 g/mol. The molecule has 0 aliphatic carbocycles. The van der Waals surface area contributed by atoms with Gasteiger partial charge in [-0.25, -0.2) is 18.2 Å². The summed E-state index contributed by atoms with van der Waals surface area (Å²) in [4.78, 5) is 55.8. The van der Waals surface area contributed by atoms with E-state index in [1.807, 2.05) is 37.3 Å². The van der Waals surface area contributed by atoms with Crippen molar-refractivity contribution in [2.24, 2.45) is 0 Å². The van der Waals surface area contributed by atoms with Crippen LogP contribution in [0, 0.1) is 0 Å². The molecular weight excluding hydrogens is 609 g/mol. The standard InChI is InChI=1S/C22H31N2O14P3/c1-2-3-7-12-39(27,28)37-41(31,32)38-40(29,30)33-14-16-19-20(21(34-16)24-11-10-17(25)23-22(24)26)36-18(35-19)13-15-8-5-4-6-9-15/h4-6,8-11,16,18-21H,2-3,7,12-14H2,1H3,(H,27,28)(H,29,30)(H,31,32)(H,23,25,26)/t16-,18?,19?,20?,21-/m1/s1. The summed E-state index contributed by atoms with van der Waals surface area (Å²) in [6.07, 6.45) is -2.45. The first-order valence-corrected chi connectivity index (χ1v) is 17.4. The van der Waals surface area contributed by atoms with Crippen LogP contribution in [-0.2, 0) is 47.5 Å². The summed E-state index contributed by atoms with van der Waals surface area (Å²) >= 11 is 0. The number of unbranched alkanes of at least 4 members (excludes halogenated alkanes) is 2. The van der Waals surface area contributed by atoms with Crippen molar-refractivity contribution in [1.82, 2.24) is 9.55 Å².